The third kappa shape index (κ3) is 5.85. The van der Waals surface area contributed by atoms with Gasteiger partial charge in [0.2, 0.25) is 11.8 Å². The van der Waals surface area contributed by atoms with E-state index in [1.807, 2.05) is 0 Å². The third-order valence-corrected chi connectivity index (χ3v) is 8.30. The molecule has 2 aromatic heterocycles. The quantitative estimate of drug-likeness (QED) is 0.302. The predicted molar refractivity (Wildman–Crippen MR) is 149 cm³/mol. The number of hydrogen-bond acceptors (Lipinski definition) is 7. The Balaban J connectivity index is 1.46. The minimum atomic E-state index is -4.28. The van der Waals surface area contributed by atoms with E-state index >= 15 is 0 Å². The van der Waals surface area contributed by atoms with Crippen molar-refractivity contribution in [1.82, 2.24) is 14.5 Å². The Morgan fingerprint density at radius 1 is 1.19 bits per heavy atom. The van der Waals surface area contributed by atoms with Crippen molar-refractivity contribution < 1.29 is 31.1 Å². The molecular formula is C27H21ClF3N5O5S. The lowest BCUT2D eigenvalue weighted by Crippen LogP contribution is -2.26. The number of halogens is 4. The first-order valence-electron chi connectivity index (χ1n) is 12.3. The van der Waals surface area contributed by atoms with E-state index in [-0.39, 0.29) is 33.4 Å². The van der Waals surface area contributed by atoms with Crippen molar-refractivity contribution in [2.45, 2.75) is 30.7 Å². The van der Waals surface area contributed by atoms with Gasteiger partial charge in [0.05, 0.1) is 47.4 Å². The molecule has 0 bridgehead atoms. The van der Waals surface area contributed by atoms with Crippen LogP contribution in [-0.4, -0.2) is 47.6 Å². The molecule has 1 N–H and O–H groups in total. The maximum Gasteiger partial charge on any atom is 0.291 e. The maximum absolute atomic E-state index is 13.5. The Morgan fingerprint density at radius 2 is 1.93 bits per heavy atom. The highest BCUT2D eigenvalue weighted by molar-refractivity contribution is 7.92. The molecule has 15 heteroatoms. The van der Waals surface area contributed by atoms with Gasteiger partial charge in [0.15, 0.2) is 0 Å². The van der Waals surface area contributed by atoms with Gasteiger partial charge < -0.3 is 4.74 Å². The number of aliphatic imine (C=N–C) groups is 1. The summed E-state index contributed by atoms with van der Waals surface area (Å²) in [6.07, 6.45) is 2.12. The average molecular weight is 620 g/mol. The predicted octanol–water partition coefficient (Wildman–Crippen LogP) is 4.70. The fraction of sp³-hybridized carbons (Fsp3) is 0.222. The third-order valence-electron chi connectivity index (χ3n) is 6.45. The van der Waals surface area contributed by atoms with Crippen molar-refractivity contribution in [1.29, 1.82) is 0 Å². The molecule has 4 aromatic rings. The molecule has 1 amide bonds. The van der Waals surface area contributed by atoms with Gasteiger partial charge in [-0.2, -0.15) is 8.78 Å². The van der Waals surface area contributed by atoms with Gasteiger partial charge in [-0.05, 0) is 42.0 Å². The summed E-state index contributed by atoms with van der Waals surface area (Å²) < 4.78 is 74.4. The SMILES string of the molecule is COc1ncc(-c2ccc3ncn(C[C@@H](C)C(=O)/N=C4\CC4(F)F)c(=O)c3c2)cc1NS(=O)(=O)c1ccc(F)cc1Cl. The standard InChI is InChI=1S/C27H21ClF3N5O5S/c1-14(24(37)34-23-10-27(23,30)31)12-36-13-33-20-5-3-15(7-18(20)26(36)38)16-8-21(25(41-2)32-11-16)35-42(39,40)22-6-4-17(29)9-19(22)28/h3-9,11,13-14,35H,10,12H2,1-2H3/b34-23+/t14-/m1/s1. The van der Waals surface area contributed by atoms with Gasteiger partial charge >= 0.3 is 0 Å². The van der Waals surface area contributed by atoms with Gasteiger partial charge in [-0.3, -0.25) is 18.9 Å². The molecule has 0 saturated heterocycles. The van der Waals surface area contributed by atoms with E-state index in [1.165, 1.54) is 43.3 Å². The van der Waals surface area contributed by atoms with Crippen molar-refractivity contribution in [3.63, 3.8) is 0 Å². The maximum atomic E-state index is 13.5. The number of carbonyl (C=O) groups excluding carboxylic acids is 1. The zero-order valence-electron chi connectivity index (χ0n) is 21.9. The van der Waals surface area contributed by atoms with Crippen LogP contribution < -0.4 is 15.0 Å². The molecule has 5 rings (SSSR count). The van der Waals surface area contributed by atoms with E-state index in [0.29, 0.717) is 16.6 Å². The summed E-state index contributed by atoms with van der Waals surface area (Å²) in [5.41, 5.74) is 0.225. The number of anilines is 1. The molecule has 1 fully saturated rings. The summed E-state index contributed by atoms with van der Waals surface area (Å²) >= 11 is 5.95. The van der Waals surface area contributed by atoms with Crippen LogP contribution >= 0.6 is 11.6 Å². The Bertz CT molecular complexity index is 1950. The Hall–Kier alpha value is -4.30. The van der Waals surface area contributed by atoms with Crippen LogP contribution in [0.5, 0.6) is 5.88 Å². The number of amides is 1. The summed E-state index contributed by atoms with van der Waals surface area (Å²) in [5, 5.41) is -0.136. The van der Waals surface area contributed by atoms with E-state index in [1.54, 1.807) is 12.1 Å². The number of rotatable bonds is 8. The highest BCUT2D eigenvalue weighted by Crippen LogP contribution is 2.38. The number of sulfonamides is 1. The molecule has 1 atom stereocenters. The van der Waals surface area contributed by atoms with Crippen LogP contribution in [0.1, 0.15) is 13.3 Å². The normalized spacial score (nSPS) is 15.9. The van der Waals surface area contributed by atoms with Crippen LogP contribution in [0.25, 0.3) is 22.0 Å². The molecule has 0 spiro atoms. The highest BCUT2D eigenvalue weighted by Gasteiger charge is 2.54. The van der Waals surface area contributed by atoms with Crippen LogP contribution in [0, 0.1) is 11.7 Å². The van der Waals surface area contributed by atoms with Gasteiger partial charge in [-0.1, -0.05) is 24.6 Å². The fourth-order valence-corrected chi connectivity index (χ4v) is 5.69. The second-order valence-corrected chi connectivity index (χ2v) is 11.6. The first-order valence-corrected chi connectivity index (χ1v) is 14.2. The molecule has 0 aliphatic heterocycles. The van der Waals surface area contributed by atoms with Crippen molar-refractivity contribution in [2.24, 2.45) is 10.9 Å². The molecule has 10 nitrogen and oxygen atoms in total. The lowest BCUT2D eigenvalue weighted by Gasteiger charge is -2.14. The monoisotopic (exact) mass is 619 g/mol. The number of nitrogens with one attached hydrogen (secondary N) is 1. The summed E-state index contributed by atoms with van der Waals surface area (Å²) in [7, 11) is -2.98. The molecule has 218 valence electrons. The molecule has 1 aliphatic carbocycles. The van der Waals surface area contributed by atoms with Gasteiger partial charge in [-0.25, -0.2) is 27.8 Å². The lowest BCUT2D eigenvalue weighted by atomic mass is 10.0. The number of nitrogens with zero attached hydrogens (tertiary/aromatic N) is 4. The molecule has 0 unspecified atom stereocenters. The van der Waals surface area contributed by atoms with E-state index in [2.05, 4.69) is 19.7 Å². The number of methoxy groups -OCH3 is 1. The van der Waals surface area contributed by atoms with Crippen molar-refractivity contribution >= 4 is 49.8 Å². The first-order chi connectivity index (χ1) is 19.8. The molecule has 1 aliphatic rings. The van der Waals surface area contributed by atoms with Gasteiger partial charge in [0.25, 0.3) is 21.5 Å². The lowest BCUT2D eigenvalue weighted by molar-refractivity contribution is -0.121. The summed E-state index contributed by atoms with van der Waals surface area (Å²) in [6.45, 7) is 1.35. The summed E-state index contributed by atoms with van der Waals surface area (Å²) in [4.78, 5) is 37.0. The van der Waals surface area contributed by atoms with Crippen molar-refractivity contribution in [3.05, 3.63) is 76.2 Å². The number of fused-ring (bicyclic) bond motifs is 1. The van der Waals surface area contributed by atoms with Crippen LogP contribution in [0.3, 0.4) is 0 Å². The number of aromatic nitrogens is 3. The van der Waals surface area contributed by atoms with Crippen LogP contribution in [0.15, 0.2) is 69.7 Å². The fourth-order valence-electron chi connectivity index (χ4n) is 4.11. The second kappa shape index (κ2) is 10.8. The Morgan fingerprint density at radius 3 is 2.60 bits per heavy atom. The molecule has 42 heavy (non-hydrogen) atoms. The van der Waals surface area contributed by atoms with E-state index < -0.39 is 51.3 Å². The number of carbonyl (C=O) groups is 1. The zero-order valence-corrected chi connectivity index (χ0v) is 23.5. The Kier molecular flexibility index (Phi) is 7.53. The number of pyridine rings is 1. The van der Waals surface area contributed by atoms with Crippen LogP contribution in [0.2, 0.25) is 5.02 Å². The molecule has 0 radical (unpaired) electrons. The smallest absolute Gasteiger partial charge is 0.291 e. The van der Waals surface area contributed by atoms with E-state index in [9.17, 15) is 31.2 Å². The van der Waals surface area contributed by atoms with Gasteiger partial charge in [0.1, 0.15) is 16.4 Å². The van der Waals surface area contributed by atoms with E-state index in [4.69, 9.17) is 16.3 Å². The zero-order chi connectivity index (χ0) is 30.4. The highest BCUT2D eigenvalue weighted by atomic mass is 35.5. The topological polar surface area (TPSA) is 133 Å². The summed E-state index contributed by atoms with van der Waals surface area (Å²) in [6, 6.07) is 9.04. The van der Waals surface area contributed by atoms with Crippen LogP contribution in [0.4, 0.5) is 18.9 Å². The average Bonchev–Trinajstić information content (AvgIpc) is 3.54. The van der Waals surface area contributed by atoms with Gasteiger partial charge in [0, 0.05) is 18.3 Å². The molecule has 1 saturated carbocycles. The molecule has 2 aromatic carbocycles. The summed E-state index contributed by atoms with van der Waals surface area (Å²) in [5.74, 6) is -5.43. The van der Waals surface area contributed by atoms with Crippen LogP contribution in [-0.2, 0) is 21.4 Å². The Labute approximate surface area is 241 Å². The minimum Gasteiger partial charge on any atom is -0.480 e. The number of ether oxygens (including phenoxy) is 1. The molecule has 2 heterocycles. The second-order valence-electron chi connectivity index (χ2n) is 9.57. The first kappa shape index (κ1) is 29.2. The largest absolute Gasteiger partial charge is 0.480 e. The van der Waals surface area contributed by atoms with Crippen molar-refractivity contribution in [2.75, 3.05) is 11.8 Å². The molecular weight excluding hydrogens is 599 g/mol. The van der Waals surface area contributed by atoms with Crippen molar-refractivity contribution in [3.8, 4) is 17.0 Å². The number of alkyl halides is 2. The number of hydrogen-bond donors (Lipinski definition) is 1. The number of benzene rings is 2. The van der Waals surface area contributed by atoms with E-state index in [0.717, 1.165) is 18.2 Å². The van der Waals surface area contributed by atoms with Gasteiger partial charge in [-0.15, -0.1) is 0 Å². The minimum absolute atomic E-state index is 0.0470.